The normalized spacial score (nSPS) is 16.9. The van der Waals surface area contributed by atoms with Gasteiger partial charge < -0.3 is 10.6 Å². The van der Waals surface area contributed by atoms with E-state index in [0.717, 1.165) is 17.1 Å². The highest BCUT2D eigenvalue weighted by Gasteiger charge is 2.21. The second kappa shape index (κ2) is 5.06. The molecule has 3 N–H and O–H groups in total. The number of nitrogens with zero attached hydrogens (tertiary/aromatic N) is 2. The predicted molar refractivity (Wildman–Crippen MR) is 74.8 cm³/mol. The van der Waals surface area contributed by atoms with Crippen molar-refractivity contribution in [1.82, 2.24) is 4.98 Å². The summed E-state index contributed by atoms with van der Waals surface area (Å²) in [5.74, 6) is 2.12. The van der Waals surface area contributed by atoms with Gasteiger partial charge >= 0.3 is 0 Å². The molecule has 2 rings (SSSR count). The van der Waals surface area contributed by atoms with E-state index < -0.39 is 10.8 Å². The zero-order valence-electron chi connectivity index (χ0n) is 10.7. The summed E-state index contributed by atoms with van der Waals surface area (Å²) in [7, 11) is -0.717. The Labute approximate surface area is 109 Å². The van der Waals surface area contributed by atoms with Gasteiger partial charge in [0, 0.05) is 41.1 Å². The SMILES string of the molecule is Cc1cc(C)c(C(=N)N)c(N2CCS(=O)CC2)n1. The minimum absolute atomic E-state index is 0.0432. The van der Waals surface area contributed by atoms with Crippen LogP contribution in [0.15, 0.2) is 6.07 Å². The summed E-state index contributed by atoms with van der Waals surface area (Å²) in [6, 6.07) is 1.93. The molecule has 2 heterocycles. The van der Waals surface area contributed by atoms with Crippen molar-refractivity contribution in [2.45, 2.75) is 13.8 Å². The van der Waals surface area contributed by atoms with Crippen LogP contribution in [-0.4, -0.2) is 39.6 Å². The Bertz CT molecular complexity index is 505. The lowest BCUT2D eigenvalue weighted by Crippen LogP contribution is -2.39. The van der Waals surface area contributed by atoms with E-state index in [2.05, 4.69) is 9.88 Å². The van der Waals surface area contributed by atoms with Gasteiger partial charge in [0.2, 0.25) is 0 Å². The van der Waals surface area contributed by atoms with Gasteiger partial charge in [0.25, 0.3) is 0 Å². The summed E-state index contributed by atoms with van der Waals surface area (Å²) in [5.41, 5.74) is 8.24. The molecule has 1 aliphatic heterocycles. The van der Waals surface area contributed by atoms with Crippen LogP contribution in [0, 0.1) is 19.3 Å². The molecule has 0 bridgehead atoms. The van der Waals surface area contributed by atoms with Gasteiger partial charge in [-0.3, -0.25) is 9.62 Å². The summed E-state index contributed by atoms with van der Waals surface area (Å²) < 4.78 is 11.4. The number of nitrogens with one attached hydrogen (secondary N) is 1. The molecule has 18 heavy (non-hydrogen) atoms. The molecule has 0 aromatic carbocycles. The molecule has 0 spiro atoms. The van der Waals surface area contributed by atoms with Crippen molar-refractivity contribution in [2.75, 3.05) is 29.5 Å². The highest BCUT2D eigenvalue weighted by molar-refractivity contribution is 7.85. The van der Waals surface area contributed by atoms with Gasteiger partial charge in [-0.2, -0.15) is 0 Å². The van der Waals surface area contributed by atoms with Crippen LogP contribution >= 0.6 is 0 Å². The number of rotatable bonds is 2. The van der Waals surface area contributed by atoms with Crippen molar-refractivity contribution in [3.63, 3.8) is 0 Å². The number of hydrogen-bond acceptors (Lipinski definition) is 4. The Hall–Kier alpha value is -1.43. The smallest absolute Gasteiger partial charge is 0.140 e. The van der Waals surface area contributed by atoms with E-state index in [-0.39, 0.29) is 5.84 Å². The van der Waals surface area contributed by atoms with E-state index in [1.165, 1.54) is 0 Å². The fraction of sp³-hybridized carbons (Fsp3) is 0.500. The molecule has 0 amide bonds. The summed E-state index contributed by atoms with van der Waals surface area (Å²) >= 11 is 0. The van der Waals surface area contributed by atoms with Gasteiger partial charge in [-0.15, -0.1) is 0 Å². The number of amidine groups is 1. The lowest BCUT2D eigenvalue weighted by molar-refractivity contribution is 0.672. The van der Waals surface area contributed by atoms with E-state index in [9.17, 15) is 4.21 Å². The van der Waals surface area contributed by atoms with Crippen LogP contribution < -0.4 is 10.6 Å². The molecular weight excluding hydrogens is 248 g/mol. The third kappa shape index (κ3) is 2.53. The van der Waals surface area contributed by atoms with E-state index in [0.29, 0.717) is 30.2 Å². The number of aromatic nitrogens is 1. The molecule has 6 heteroatoms. The molecule has 1 aromatic rings. The number of anilines is 1. The summed E-state index contributed by atoms with van der Waals surface area (Å²) in [5, 5.41) is 7.70. The largest absolute Gasteiger partial charge is 0.384 e. The van der Waals surface area contributed by atoms with Crippen LogP contribution in [0.25, 0.3) is 0 Å². The maximum atomic E-state index is 11.4. The topological polar surface area (TPSA) is 83.1 Å². The molecule has 1 aliphatic rings. The molecule has 98 valence electrons. The molecule has 0 radical (unpaired) electrons. The first-order chi connectivity index (χ1) is 8.49. The monoisotopic (exact) mass is 266 g/mol. The Kier molecular flexibility index (Phi) is 3.65. The standard InChI is InChI=1S/C12H18N4OS/c1-8-7-9(2)15-12(10(8)11(13)14)16-3-5-18(17)6-4-16/h7H,3-6H2,1-2H3,(H3,13,14). The van der Waals surface area contributed by atoms with Gasteiger partial charge in [-0.05, 0) is 25.5 Å². The minimum Gasteiger partial charge on any atom is -0.384 e. The Morgan fingerprint density at radius 3 is 2.61 bits per heavy atom. The van der Waals surface area contributed by atoms with E-state index in [1.54, 1.807) is 0 Å². The number of aryl methyl sites for hydroxylation is 2. The lowest BCUT2D eigenvalue weighted by atomic mass is 10.1. The second-order valence-corrected chi connectivity index (χ2v) is 6.22. The Morgan fingerprint density at radius 2 is 2.06 bits per heavy atom. The number of nitrogens with two attached hydrogens (primary N) is 1. The van der Waals surface area contributed by atoms with Crippen molar-refractivity contribution in [3.8, 4) is 0 Å². The highest BCUT2D eigenvalue weighted by Crippen LogP contribution is 2.23. The van der Waals surface area contributed by atoms with Crippen molar-refractivity contribution < 1.29 is 4.21 Å². The van der Waals surface area contributed by atoms with Crippen LogP contribution in [0.1, 0.15) is 16.8 Å². The first kappa shape index (κ1) is 13.0. The van der Waals surface area contributed by atoms with Crippen molar-refractivity contribution in [3.05, 3.63) is 22.9 Å². The summed E-state index contributed by atoms with van der Waals surface area (Å²) in [6.07, 6.45) is 0. The van der Waals surface area contributed by atoms with Crippen LogP contribution in [0.2, 0.25) is 0 Å². The molecule has 0 saturated carbocycles. The first-order valence-electron chi connectivity index (χ1n) is 5.91. The van der Waals surface area contributed by atoms with Crippen molar-refractivity contribution >= 4 is 22.5 Å². The zero-order valence-corrected chi connectivity index (χ0v) is 11.5. The predicted octanol–water partition coefficient (Wildman–Crippen LogP) is 0.551. The number of pyridine rings is 1. The highest BCUT2D eigenvalue weighted by atomic mass is 32.2. The summed E-state index contributed by atoms with van der Waals surface area (Å²) in [6.45, 7) is 5.30. The lowest BCUT2D eigenvalue weighted by Gasteiger charge is -2.29. The molecule has 0 atom stereocenters. The van der Waals surface area contributed by atoms with Gasteiger partial charge in [-0.1, -0.05) is 0 Å². The fourth-order valence-corrected chi connectivity index (χ4v) is 3.28. The quantitative estimate of drug-likeness (QED) is 0.605. The molecule has 0 aliphatic carbocycles. The fourth-order valence-electron chi connectivity index (χ4n) is 2.23. The maximum absolute atomic E-state index is 11.4. The summed E-state index contributed by atoms with van der Waals surface area (Å²) in [4.78, 5) is 6.59. The van der Waals surface area contributed by atoms with E-state index >= 15 is 0 Å². The molecule has 0 unspecified atom stereocenters. The molecule has 5 nitrogen and oxygen atoms in total. The average molecular weight is 266 g/mol. The Balaban J connectivity index is 2.42. The van der Waals surface area contributed by atoms with Gasteiger partial charge in [0.1, 0.15) is 11.7 Å². The minimum atomic E-state index is -0.717. The van der Waals surface area contributed by atoms with Gasteiger partial charge in [-0.25, -0.2) is 4.98 Å². The van der Waals surface area contributed by atoms with Crippen LogP contribution in [0.3, 0.4) is 0 Å². The molecule has 1 saturated heterocycles. The van der Waals surface area contributed by atoms with Crippen molar-refractivity contribution in [2.24, 2.45) is 5.73 Å². The van der Waals surface area contributed by atoms with Crippen LogP contribution in [0.5, 0.6) is 0 Å². The number of nitrogen functional groups attached to an aromatic ring is 1. The average Bonchev–Trinajstić information content (AvgIpc) is 2.28. The maximum Gasteiger partial charge on any atom is 0.140 e. The van der Waals surface area contributed by atoms with Gasteiger partial charge in [0.05, 0.1) is 5.56 Å². The van der Waals surface area contributed by atoms with Crippen LogP contribution in [-0.2, 0) is 10.8 Å². The Morgan fingerprint density at radius 1 is 1.44 bits per heavy atom. The molecular formula is C12H18N4OS. The zero-order chi connectivity index (χ0) is 13.3. The molecule has 1 aromatic heterocycles. The number of hydrogen-bond donors (Lipinski definition) is 2. The second-order valence-electron chi connectivity index (χ2n) is 4.53. The van der Waals surface area contributed by atoms with E-state index in [4.69, 9.17) is 11.1 Å². The van der Waals surface area contributed by atoms with Crippen LogP contribution in [0.4, 0.5) is 5.82 Å². The van der Waals surface area contributed by atoms with Gasteiger partial charge in [0.15, 0.2) is 0 Å². The third-order valence-corrected chi connectivity index (χ3v) is 4.35. The molecule has 1 fully saturated rings. The first-order valence-corrected chi connectivity index (χ1v) is 7.40. The third-order valence-electron chi connectivity index (χ3n) is 3.07. The van der Waals surface area contributed by atoms with E-state index in [1.807, 2.05) is 19.9 Å². The van der Waals surface area contributed by atoms with Crippen molar-refractivity contribution in [1.29, 1.82) is 5.41 Å².